The maximum atomic E-state index is 6.72. The zero-order chi connectivity index (χ0) is 16.1. The summed E-state index contributed by atoms with van der Waals surface area (Å²) in [6.07, 6.45) is 1.81. The Morgan fingerprint density at radius 2 is 1.35 bits per heavy atom. The molecule has 1 unspecified atom stereocenters. The van der Waals surface area contributed by atoms with Crippen LogP contribution in [-0.2, 0) is 12.8 Å². The van der Waals surface area contributed by atoms with Crippen molar-refractivity contribution in [1.82, 2.24) is 0 Å². The Balaban J connectivity index is 1.81. The van der Waals surface area contributed by atoms with Gasteiger partial charge in [0.2, 0.25) is 0 Å². The number of halogens is 1. The van der Waals surface area contributed by atoms with Crippen molar-refractivity contribution >= 4 is 11.6 Å². The van der Waals surface area contributed by atoms with Gasteiger partial charge in [0.1, 0.15) is 0 Å². The predicted molar refractivity (Wildman–Crippen MR) is 99.2 cm³/mol. The Kier molecular flexibility index (Phi) is 5.15. The fourth-order valence-corrected chi connectivity index (χ4v) is 3.40. The molecule has 3 aromatic carbocycles. The number of alkyl halides is 1. The van der Waals surface area contributed by atoms with E-state index in [9.17, 15) is 0 Å². The van der Waals surface area contributed by atoms with Crippen LogP contribution in [0.15, 0.2) is 78.9 Å². The highest BCUT2D eigenvalue weighted by Crippen LogP contribution is 2.30. The predicted octanol–water partition coefficient (Wildman–Crippen LogP) is 6.11. The normalized spacial score (nSPS) is 12.1. The van der Waals surface area contributed by atoms with Crippen LogP contribution in [0.1, 0.15) is 33.2 Å². The van der Waals surface area contributed by atoms with Crippen molar-refractivity contribution in [2.75, 3.05) is 0 Å². The monoisotopic (exact) mass is 320 g/mol. The number of rotatable bonds is 5. The topological polar surface area (TPSA) is 0 Å². The lowest BCUT2D eigenvalue weighted by atomic mass is 9.93. The van der Waals surface area contributed by atoms with Crippen LogP contribution in [0.3, 0.4) is 0 Å². The molecule has 0 spiro atoms. The zero-order valence-corrected chi connectivity index (χ0v) is 14.1. The average molecular weight is 321 g/mol. The average Bonchev–Trinajstić information content (AvgIpc) is 2.58. The van der Waals surface area contributed by atoms with Crippen LogP contribution < -0.4 is 0 Å². The molecule has 0 N–H and O–H groups in total. The molecule has 116 valence electrons. The molecular formula is C22H21Cl. The van der Waals surface area contributed by atoms with Gasteiger partial charge >= 0.3 is 0 Å². The van der Waals surface area contributed by atoms with Crippen molar-refractivity contribution in [1.29, 1.82) is 0 Å². The van der Waals surface area contributed by atoms with E-state index in [1.807, 2.05) is 6.07 Å². The van der Waals surface area contributed by atoms with Crippen LogP contribution in [0.4, 0.5) is 0 Å². The van der Waals surface area contributed by atoms with Crippen LogP contribution >= 0.6 is 11.6 Å². The molecule has 0 aliphatic heterocycles. The summed E-state index contributed by atoms with van der Waals surface area (Å²) in [5.41, 5.74) is 6.52. The molecule has 0 aromatic heterocycles. The Labute approximate surface area is 143 Å². The van der Waals surface area contributed by atoms with Gasteiger partial charge in [-0.05, 0) is 47.6 Å². The first-order chi connectivity index (χ1) is 11.2. The Bertz CT molecular complexity index is 747. The second-order valence-electron chi connectivity index (χ2n) is 5.95. The first kappa shape index (κ1) is 15.8. The number of hydrogen-bond acceptors (Lipinski definition) is 0. The van der Waals surface area contributed by atoms with Gasteiger partial charge in [0.05, 0.1) is 5.38 Å². The minimum absolute atomic E-state index is 0.00752. The molecule has 1 heteroatoms. The second kappa shape index (κ2) is 7.48. The highest BCUT2D eigenvalue weighted by atomic mass is 35.5. The Morgan fingerprint density at radius 3 is 2.00 bits per heavy atom. The van der Waals surface area contributed by atoms with E-state index in [0.29, 0.717) is 0 Å². The van der Waals surface area contributed by atoms with Crippen LogP contribution in [0.25, 0.3) is 0 Å². The molecule has 0 aliphatic rings. The summed E-state index contributed by atoms with van der Waals surface area (Å²) in [6, 6.07) is 27.5. The molecule has 0 bridgehead atoms. The van der Waals surface area contributed by atoms with Crippen molar-refractivity contribution in [2.24, 2.45) is 0 Å². The fourth-order valence-electron chi connectivity index (χ4n) is 2.98. The molecular weight excluding hydrogens is 300 g/mol. The Morgan fingerprint density at radius 1 is 0.739 bits per heavy atom. The quantitative estimate of drug-likeness (QED) is 0.498. The van der Waals surface area contributed by atoms with E-state index in [2.05, 4.69) is 79.7 Å². The molecule has 0 saturated carbocycles. The smallest absolute Gasteiger partial charge is 0.0628 e. The number of hydrogen-bond donors (Lipinski definition) is 0. The van der Waals surface area contributed by atoms with Gasteiger partial charge in [-0.15, -0.1) is 11.6 Å². The molecule has 3 rings (SSSR count). The summed E-state index contributed by atoms with van der Waals surface area (Å²) in [4.78, 5) is 0. The Hall–Kier alpha value is -2.05. The van der Waals surface area contributed by atoms with E-state index in [1.165, 1.54) is 27.8 Å². The lowest BCUT2D eigenvalue weighted by Crippen LogP contribution is -2.02. The zero-order valence-electron chi connectivity index (χ0n) is 13.4. The van der Waals surface area contributed by atoms with Crippen LogP contribution in [0, 0.1) is 6.92 Å². The van der Waals surface area contributed by atoms with Gasteiger partial charge in [0, 0.05) is 0 Å². The van der Waals surface area contributed by atoms with Gasteiger partial charge in [0.25, 0.3) is 0 Å². The molecule has 0 heterocycles. The first-order valence-corrected chi connectivity index (χ1v) is 8.48. The van der Waals surface area contributed by atoms with Gasteiger partial charge in [-0.2, -0.15) is 0 Å². The summed E-state index contributed by atoms with van der Waals surface area (Å²) in [7, 11) is 0. The van der Waals surface area contributed by atoms with E-state index in [1.54, 1.807) is 0 Å². The molecule has 0 saturated heterocycles. The molecule has 1 atom stereocenters. The number of benzene rings is 3. The standard InChI is InChI=1S/C22H21Cl/c1-17-20(15-18-9-4-2-5-10-18)13-8-14-21(17)22(23)16-19-11-6-3-7-12-19/h2-14,22H,15-16H2,1H3. The molecule has 0 amide bonds. The van der Waals surface area contributed by atoms with Crippen molar-refractivity contribution in [2.45, 2.75) is 25.1 Å². The summed E-state index contributed by atoms with van der Waals surface area (Å²) in [5.74, 6) is 0. The maximum Gasteiger partial charge on any atom is 0.0628 e. The lowest BCUT2D eigenvalue weighted by molar-refractivity contribution is 0.903. The van der Waals surface area contributed by atoms with Gasteiger partial charge < -0.3 is 0 Å². The van der Waals surface area contributed by atoms with Crippen LogP contribution in [0.2, 0.25) is 0 Å². The molecule has 3 aromatic rings. The summed E-state index contributed by atoms with van der Waals surface area (Å²) >= 11 is 6.72. The molecule has 0 radical (unpaired) electrons. The fraction of sp³-hybridized carbons (Fsp3) is 0.182. The van der Waals surface area contributed by atoms with Crippen LogP contribution in [-0.4, -0.2) is 0 Å². The lowest BCUT2D eigenvalue weighted by Gasteiger charge is -2.16. The summed E-state index contributed by atoms with van der Waals surface area (Å²) in [6.45, 7) is 2.19. The summed E-state index contributed by atoms with van der Waals surface area (Å²) in [5, 5.41) is 0.00752. The van der Waals surface area contributed by atoms with Gasteiger partial charge in [-0.1, -0.05) is 78.9 Å². The SMILES string of the molecule is Cc1c(Cc2ccccc2)cccc1C(Cl)Cc1ccccc1. The first-order valence-electron chi connectivity index (χ1n) is 8.04. The van der Waals surface area contributed by atoms with Crippen molar-refractivity contribution in [3.8, 4) is 0 Å². The highest BCUT2D eigenvalue weighted by molar-refractivity contribution is 6.21. The van der Waals surface area contributed by atoms with E-state index < -0.39 is 0 Å². The summed E-state index contributed by atoms with van der Waals surface area (Å²) < 4.78 is 0. The van der Waals surface area contributed by atoms with Gasteiger partial charge in [0.15, 0.2) is 0 Å². The molecule has 0 fully saturated rings. The van der Waals surface area contributed by atoms with Crippen molar-refractivity contribution < 1.29 is 0 Å². The second-order valence-corrected chi connectivity index (χ2v) is 6.48. The van der Waals surface area contributed by atoms with Crippen LogP contribution in [0.5, 0.6) is 0 Å². The van der Waals surface area contributed by atoms with Crippen molar-refractivity contribution in [3.63, 3.8) is 0 Å². The molecule has 23 heavy (non-hydrogen) atoms. The van der Waals surface area contributed by atoms with Gasteiger partial charge in [-0.3, -0.25) is 0 Å². The molecule has 0 nitrogen and oxygen atoms in total. The maximum absolute atomic E-state index is 6.72. The largest absolute Gasteiger partial charge is 0.117 e. The van der Waals surface area contributed by atoms with Gasteiger partial charge in [-0.25, -0.2) is 0 Å². The highest BCUT2D eigenvalue weighted by Gasteiger charge is 2.13. The molecule has 0 aliphatic carbocycles. The van der Waals surface area contributed by atoms with E-state index in [-0.39, 0.29) is 5.38 Å². The van der Waals surface area contributed by atoms with E-state index >= 15 is 0 Å². The minimum atomic E-state index is 0.00752. The third-order valence-electron chi connectivity index (χ3n) is 4.32. The van der Waals surface area contributed by atoms with E-state index in [0.717, 1.165) is 12.8 Å². The third-order valence-corrected chi connectivity index (χ3v) is 4.71. The van der Waals surface area contributed by atoms with Crippen molar-refractivity contribution in [3.05, 3.63) is 107 Å². The minimum Gasteiger partial charge on any atom is -0.117 e. The third kappa shape index (κ3) is 4.03. The van der Waals surface area contributed by atoms with E-state index in [4.69, 9.17) is 11.6 Å².